The lowest BCUT2D eigenvalue weighted by molar-refractivity contribution is 0.0556. The highest BCUT2D eigenvalue weighted by atomic mass is 35.5. The molecular formula is C17H24Cl2N4O3. The molecule has 2 amide bonds. The SMILES string of the molecule is CC(C)(C)N(C(=O)O)C1CCC(Nc2nc(Cl)c(C(N)=O)cc2Cl)CC1. The number of carbonyl (C=O) groups is 2. The number of nitrogens with zero attached hydrogens (tertiary/aromatic N) is 2. The molecule has 7 nitrogen and oxygen atoms in total. The predicted octanol–water partition coefficient (Wildman–Crippen LogP) is 3.99. The maximum atomic E-state index is 11.6. The summed E-state index contributed by atoms with van der Waals surface area (Å²) in [4.78, 5) is 28.6. The van der Waals surface area contributed by atoms with Crippen molar-refractivity contribution in [2.45, 2.75) is 64.1 Å². The lowest BCUT2D eigenvalue weighted by Crippen LogP contribution is -2.52. The number of nitrogens with one attached hydrogen (secondary N) is 1. The molecule has 1 saturated carbocycles. The Morgan fingerprint density at radius 3 is 2.31 bits per heavy atom. The van der Waals surface area contributed by atoms with Gasteiger partial charge in [-0.05, 0) is 52.5 Å². The van der Waals surface area contributed by atoms with Crippen LogP contribution in [0.1, 0.15) is 56.8 Å². The van der Waals surface area contributed by atoms with Crippen LogP contribution >= 0.6 is 23.2 Å². The first-order valence-electron chi connectivity index (χ1n) is 8.45. The zero-order valence-electron chi connectivity index (χ0n) is 15.1. The topological polar surface area (TPSA) is 109 Å². The van der Waals surface area contributed by atoms with Crippen molar-refractivity contribution in [3.8, 4) is 0 Å². The number of hydrogen-bond acceptors (Lipinski definition) is 4. The summed E-state index contributed by atoms with van der Waals surface area (Å²) in [5.74, 6) is -0.288. The van der Waals surface area contributed by atoms with Crippen molar-refractivity contribution in [3.63, 3.8) is 0 Å². The van der Waals surface area contributed by atoms with Gasteiger partial charge in [-0.2, -0.15) is 0 Å². The predicted molar refractivity (Wildman–Crippen MR) is 102 cm³/mol. The molecule has 1 aromatic heterocycles. The summed E-state index contributed by atoms with van der Waals surface area (Å²) < 4.78 is 0. The largest absolute Gasteiger partial charge is 0.465 e. The lowest BCUT2D eigenvalue weighted by atomic mass is 9.88. The Hall–Kier alpha value is -1.73. The van der Waals surface area contributed by atoms with Gasteiger partial charge in [0, 0.05) is 17.6 Å². The van der Waals surface area contributed by atoms with Crippen molar-refractivity contribution in [1.29, 1.82) is 0 Å². The maximum absolute atomic E-state index is 11.6. The van der Waals surface area contributed by atoms with E-state index >= 15 is 0 Å². The number of carbonyl (C=O) groups excluding carboxylic acids is 1. The number of aromatic nitrogens is 1. The quantitative estimate of drug-likeness (QED) is 0.659. The average Bonchev–Trinajstić information content (AvgIpc) is 2.50. The maximum Gasteiger partial charge on any atom is 0.407 e. The number of hydrogen-bond donors (Lipinski definition) is 3. The Kier molecular flexibility index (Phi) is 6.24. The van der Waals surface area contributed by atoms with Gasteiger partial charge in [-0.25, -0.2) is 9.78 Å². The minimum Gasteiger partial charge on any atom is -0.465 e. The summed E-state index contributed by atoms with van der Waals surface area (Å²) in [5, 5.41) is 13.0. The second kappa shape index (κ2) is 7.88. The zero-order chi connectivity index (χ0) is 19.6. The molecule has 0 aromatic carbocycles. The molecule has 1 fully saturated rings. The molecule has 1 aromatic rings. The van der Waals surface area contributed by atoms with E-state index in [4.69, 9.17) is 28.9 Å². The van der Waals surface area contributed by atoms with E-state index in [1.165, 1.54) is 11.0 Å². The Morgan fingerprint density at radius 2 is 1.85 bits per heavy atom. The van der Waals surface area contributed by atoms with Crippen LogP contribution in [0.3, 0.4) is 0 Å². The molecule has 1 aliphatic carbocycles. The minimum atomic E-state index is -0.896. The molecular weight excluding hydrogens is 379 g/mol. The number of primary amides is 1. The van der Waals surface area contributed by atoms with Gasteiger partial charge < -0.3 is 21.1 Å². The third kappa shape index (κ3) is 4.71. The monoisotopic (exact) mass is 402 g/mol. The highest BCUT2D eigenvalue weighted by Crippen LogP contribution is 2.32. The molecule has 0 bridgehead atoms. The molecule has 0 unspecified atom stereocenters. The Morgan fingerprint density at radius 1 is 1.27 bits per heavy atom. The number of rotatable bonds is 4. The molecule has 0 spiro atoms. The first-order chi connectivity index (χ1) is 12.0. The molecule has 1 heterocycles. The van der Waals surface area contributed by atoms with Gasteiger partial charge in [0.15, 0.2) is 0 Å². The standard InChI is InChI=1S/C17H24Cl2N4O3/c1-17(2,3)23(16(25)26)10-6-4-9(5-7-10)21-15-12(18)8-11(14(20)24)13(19)22-15/h8-10H,4-7H2,1-3H3,(H2,20,24)(H,21,22)(H,25,26). The number of nitrogens with two attached hydrogens (primary N) is 1. The van der Waals surface area contributed by atoms with Crippen molar-refractivity contribution in [1.82, 2.24) is 9.88 Å². The van der Waals surface area contributed by atoms with Crippen molar-refractivity contribution >= 4 is 41.0 Å². The summed E-state index contributed by atoms with van der Waals surface area (Å²) in [6, 6.07) is 1.48. The van der Waals surface area contributed by atoms with Crippen LogP contribution in [0.5, 0.6) is 0 Å². The highest BCUT2D eigenvalue weighted by molar-refractivity contribution is 6.36. The fourth-order valence-electron chi connectivity index (χ4n) is 3.40. The van der Waals surface area contributed by atoms with E-state index in [2.05, 4.69) is 10.3 Å². The van der Waals surface area contributed by atoms with Crippen LogP contribution in [0.15, 0.2) is 6.07 Å². The summed E-state index contributed by atoms with van der Waals surface area (Å²) in [6.07, 6.45) is 2.14. The second-order valence-electron chi connectivity index (χ2n) is 7.49. The second-order valence-corrected chi connectivity index (χ2v) is 8.26. The minimum absolute atomic E-state index is 0.00266. The normalized spacial score (nSPS) is 20.5. The Balaban J connectivity index is 2.04. The first kappa shape index (κ1) is 20.6. The third-order valence-corrected chi connectivity index (χ3v) is 5.10. The van der Waals surface area contributed by atoms with Gasteiger partial charge in [0.05, 0.1) is 10.6 Å². The number of pyridine rings is 1. The van der Waals surface area contributed by atoms with Crippen molar-refractivity contribution in [2.24, 2.45) is 5.73 Å². The van der Waals surface area contributed by atoms with E-state index in [1.54, 1.807) is 0 Å². The fraction of sp³-hybridized carbons (Fsp3) is 0.588. The van der Waals surface area contributed by atoms with Crippen LogP contribution in [0.25, 0.3) is 0 Å². The molecule has 9 heteroatoms. The van der Waals surface area contributed by atoms with Crippen LogP contribution in [0.2, 0.25) is 10.2 Å². The molecule has 2 rings (SSSR count). The van der Waals surface area contributed by atoms with Crippen LogP contribution < -0.4 is 11.1 Å². The number of halogens is 2. The van der Waals surface area contributed by atoms with Crippen molar-refractivity contribution in [2.75, 3.05) is 5.32 Å². The van der Waals surface area contributed by atoms with E-state index < -0.39 is 17.5 Å². The molecule has 0 atom stereocenters. The van der Waals surface area contributed by atoms with E-state index in [9.17, 15) is 14.7 Å². The van der Waals surface area contributed by atoms with Crippen LogP contribution in [-0.2, 0) is 0 Å². The van der Waals surface area contributed by atoms with Gasteiger partial charge in [-0.15, -0.1) is 0 Å². The zero-order valence-corrected chi connectivity index (χ0v) is 16.6. The summed E-state index contributed by atoms with van der Waals surface area (Å²) >= 11 is 12.1. The Bertz CT molecular complexity index is 698. The van der Waals surface area contributed by atoms with E-state index in [0.29, 0.717) is 5.82 Å². The third-order valence-electron chi connectivity index (χ3n) is 4.53. The van der Waals surface area contributed by atoms with E-state index in [1.807, 2.05) is 20.8 Å². The molecule has 0 aliphatic heterocycles. The van der Waals surface area contributed by atoms with Gasteiger partial charge in [0.25, 0.3) is 5.91 Å². The van der Waals surface area contributed by atoms with Gasteiger partial charge >= 0.3 is 6.09 Å². The van der Waals surface area contributed by atoms with Crippen molar-refractivity contribution in [3.05, 3.63) is 21.8 Å². The summed E-state index contributed by atoms with van der Waals surface area (Å²) in [5.41, 5.74) is 4.86. The van der Waals surface area contributed by atoms with Gasteiger partial charge in [0.2, 0.25) is 0 Å². The Labute approximate surface area is 162 Å². The molecule has 26 heavy (non-hydrogen) atoms. The van der Waals surface area contributed by atoms with Crippen molar-refractivity contribution < 1.29 is 14.7 Å². The smallest absolute Gasteiger partial charge is 0.407 e. The van der Waals surface area contributed by atoms with Gasteiger partial charge in [-0.3, -0.25) is 4.79 Å². The summed E-state index contributed by atoms with van der Waals surface area (Å²) in [6.45, 7) is 5.70. The van der Waals surface area contributed by atoms with Gasteiger partial charge in [0.1, 0.15) is 11.0 Å². The number of anilines is 1. The van der Waals surface area contributed by atoms with Crippen LogP contribution in [0.4, 0.5) is 10.6 Å². The van der Waals surface area contributed by atoms with E-state index in [0.717, 1.165) is 25.7 Å². The lowest BCUT2D eigenvalue weighted by Gasteiger charge is -2.42. The summed E-state index contributed by atoms with van der Waals surface area (Å²) in [7, 11) is 0. The highest BCUT2D eigenvalue weighted by Gasteiger charge is 2.35. The molecule has 144 valence electrons. The van der Waals surface area contributed by atoms with Crippen LogP contribution in [-0.4, -0.2) is 44.6 Å². The molecule has 0 saturated heterocycles. The number of carboxylic acid groups (broad SMARTS) is 1. The average molecular weight is 403 g/mol. The first-order valence-corrected chi connectivity index (χ1v) is 9.21. The molecule has 1 aliphatic rings. The molecule has 4 N–H and O–H groups in total. The van der Waals surface area contributed by atoms with E-state index in [-0.39, 0.29) is 27.8 Å². The number of amides is 2. The molecule has 0 radical (unpaired) electrons. The fourth-order valence-corrected chi connectivity index (χ4v) is 3.84. The van der Waals surface area contributed by atoms with Gasteiger partial charge in [-0.1, -0.05) is 23.2 Å². The van der Waals surface area contributed by atoms with Crippen LogP contribution in [0, 0.1) is 0 Å².